The summed E-state index contributed by atoms with van der Waals surface area (Å²) in [5.74, 6) is 0.543. The molecule has 6 nitrogen and oxygen atoms in total. The number of ether oxygens (including phenoxy) is 2. The van der Waals surface area contributed by atoms with Crippen molar-refractivity contribution >= 4 is 5.97 Å². The minimum atomic E-state index is -0.889. The molecular formula is C17H16N2O4. The Labute approximate surface area is 133 Å². The van der Waals surface area contributed by atoms with Gasteiger partial charge in [0.15, 0.2) is 11.5 Å². The number of hydrogen-bond acceptors (Lipinski definition) is 5. The molecule has 4 rings (SSSR count). The number of rotatable bonds is 3. The Morgan fingerprint density at radius 1 is 1.13 bits per heavy atom. The maximum Gasteiger partial charge on any atom is 0.335 e. The molecule has 0 saturated carbocycles. The van der Waals surface area contributed by atoms with Crippen LogP contribution in [0.3, 0.4) is 0 Å². The van der Waals surface area contributed by atoms with E-state index in [9.17, 15) is 4.79 Å². The first kappa shape index (κ1) is 14.0. The van der Waals surface area contributed by atoms with E-state index in [4.69, 9.17) is 14.6 Å². The topological polar surface area (TPSA) is 71.9 Å². The molecule has 23 heavy (non-hydrogen) atoms. The number of fused-ring (bicyclic) bond motifs is 2. The largest absolute Gasteiger partial charge is 0.486 e. The maximum absolute atomic E-state index is 11.1. The lowest BCUT2D eigenvalue weighted by Crippen LogP contribution is -2.18. The lowest BCUT2D eigenvalue weighted by Gasteiger charge is -2.20. The summed E-state index contributed by atoms with van der Waals surface area (Å²) < 4.78 is 11.1. The lowest BCUT2D eigenvalue weighted by molar-refractivity contribution is 0.0696. The van der Waals surface area contributed by atoms with Crippen molar-refractivity contribution in [3.8, 4) is 11.5 Å². The molecule has 0 unspecified atom stereocenters. The first-order valence-electron chi connectivity index (χ1n) is 7.51. The number of aromatic carboxylic acids is 1. The summed E-state index contributed by atoms with van der Waals surface area (Å²) in [7, 11) is 0. The molecule has 0 bridgehead atoms. The van der Waals surface area contributed by atoms with Crippen molar-refractivity contribution in [1.82, 2.24) is 9.88 Å². The van der Waals surface area contributed by atoms with Crippen LogP contribution in [0.15, 0.2) is 30.5 Å². The van der Waals surface area contributed by atoms with Crippen molar-refractivity contribution in [2.45, 2.75) is 19.6 Å². The van der Waals surface area contributed by atoms with Crippen molar-refractivity contribution in [1.29, 1.82) is 0 Å². The molecule has 118 valence electrons. The molecule has 1 N–H and O–H groups in total. The molecule has 0 radical (unpaired) electrons. The van der Waals surface area contributed by atoms with Crippen molar-refractivity contribution in [2.24, 2.45) is 0 Å². The van der Waals surface area contributed by atoms with Gasteiger partial charge in [0, 0.05) is 25.7 Å². The molecule has 2 aromatic rings. The van der Waals surface area contributed by atoms with E-state index in [2.05, 4.69) is 9.88 Å². The summed E-state index contributed by atoms with van der Waals surface area (Å²) in [6.45, 7) is 3.33. The molecule has 6 heteroatoms. The zero-order chi connectivity index (χ0) is 15.8. The Balaban J connectivity index is 1.49. The van der Waals surface area contributed by atoms with E-state index in [1.807, 2.05) is 12.1 Å². The summed E-state index contributed by atoms with van der Waals surface area (Å²) >= 11 is 0. The van der Waals surface area contributed by atoms with Crippen molar-refractivity contribution < 1.29 is 19.4 Å². The van der Waals surface area contributed by atoms with Gasteiger partial charge >= 0.3 is 5.97 Å². The number of carboxylic acids is 1. The van der Waals surface area contributed by atoms with E-state index in [-0.39, 0.29) is 0 Å². The summed E-state index contributed by atoms with van der Waals surface area (Å²) in [6, 6.07) is 7.23. The van der Waals surface area contributed by atoms with Crippen molar-refractivity contribution in [3.63, 3.8) is 0 Å². The molecule has 2 aliphatic heterocycles. The molecule has 1 aromatic carbocycles. The van der Waals surface area contributed by atoms with Gasteiger partial charge in [-0.2, -0.15) is 0 Å². The maximum atomic E-state index is 11.1. The van der Waals surface area contributed by atoms with Crippen LogP contribution in [0, 0.1) is 0 Å². The van der Waals surface area contributed by atoms with E-state index in [1.54, 1.807) is 18.3 Å². The Bertz CT molecular complexity index is 775. The molecule has 0 aliphatic carbocycles. The molecule has 0 amide bonds. The van der Waals surface area contributed by atoms with E-state index >= 15 is 0 Å². The van der Waals surface area contributed by atoms with E-state index < -0.39 is 5.97 Å². The quantitative estimate of drug-likeness (QED) is 0.935. The van der Waals surface area contributed by atoms with Gasteiger partial charge in [-0.05, 0) is 23.3 Å². The molecule has 0 spiro atoms. The molecule has 1 aromatic heterocycles. The predicted molar refractivity (Wildman–Crippen MR) is 81.6 cm³/mol. The third kappa shape index (κ3) is 2.73. The highest BCUT2D eigenvalue weighted by Gasteiger charge is 2.21. The van der Waals surface area contributed by atoms with Crippen LogP contribution in [0.2, 0.25) is 0 Å². The standard InChI is InChI=1S/C17H16N2O4/c20-17(21)11-1-2-12-8-19(9-13(12)5-11)10-14-6-15-16(7-18-14)23-4-3-22-15/h1-2,5-7H,3-4,8-10H2,(H,20,21). The molecule has 0 atom stereocenters. The number of carbonyl (C=O) groups is 1. The smallest absolute Gasteiger partial charge is 0.335 e. The highest BCUT2D eigenvalue weighted by Crippen LogP contribution is 2.31. The highest BCUT2D eigenvalue weighted by molar-refractivity contribution is 5.87. The van der Waals surface area contributed by atoms with E-state index in [1.165, 1.54) is 5.56 Å². The van der Waals surface area contributed by atoms with Gasteiger partial charge in [-0.1, -0.05) is 6.07 Å². The van der Waals surface area contributed by atoms with Crippen LogP contribution in [-0.4, -0.2) is 34.2 Å². The third-order valence-corrected chi connectivity index (χ3v) is 4.11. The molecule has 0 fully saturated rings. The number of aromatic nitrogens is 1. The minimum Gasteiger partial charge on any atom is -0.486 e. The van der Waals surface area contributed by atoms with Gasteiger partial charge in [-0.15, -0.1) is 0 Å². The monoisotopic (exact) mass is 312 g/mol. The Kier molecular flexibility index (Phi) is 3.38. The second-order valence-electron chi connectivity index (χ2n) is 5.75. The number of carboxylic acid groups (broad SMARTS) is 1. The van der Waals surface area contributed by atoms with Crippen LogP contribution in [0.4, 0.5) is 0 Å². The van der Waals surface area contributed by atoms with Gasteiger partial charge in [0.1, 0.15) is 13.2 Å². The number of pyridine rings is 1. The van der Waals surface area contributed by atoms with Crippen LogP contribution < -0.4 is 9.47 Å². The van der Waals surface area contributed by atoms with Crippen LogP contribution in [-0.2, 0) is 19.6 Å². The Morgan fingerprint density at radius 2 is 1.91 bits per heavy atom. The van der Waals surface area contributed by atoms with Gasteiger partial charge in [0.05, 0.1) is 17.5 Å². The number of nitrogens with zero attached hydrogens (tertiary/aromatic N) is 2. The van der Waals surface area contributed by atoms with E-state index in [0.29, 0.717) is 31.1 Å². The van der Waals surface area contributed by atoms with Crippen molar-refractivity contribution in [2.75, 3.05) is 13.2 Å². The molecular weight excluding hydrogens is 296 g/mol. The molecule has 2 aliphatic rings. The van der Waals surface area contributed by atoms with Gasteiger partial charge in [0.2, 0.25) is 0 Å². The highest BCUT2D eigenvalue weighted by atomic mass is 16.6. The van der Waals surface area contributed by atoms with Crippen LogP contribution in [0.1, 0.15) is 27.2 Å². The van der Waals surface area contributed by atoms with Gasteiger partial charge in [-0.25, -0.2) is 4.79 Å². The fraction of sp³-hybridized carbons (Fsp3) is 0.294. The Hall–Kier alpha value is -2.60. The normalized spacial score (nSPS) is 16.2. The average Bonchev–Trinajstić information content (AvgIpc) is 2.96. The number of benzene rings is 1. The predicted octanol–water partition coefficient (Wildman–Crippen LogP) is 2.07. The molecule has 0 saturated heterocycles. The fourth-order valence-electron chi connectivity index (χ4n) is 3.01. The summed E-state index contributed by atoms with van der Waals surface area (Å²) in [5, 5.41) is 9.08. The summed E-state index contributed by atoms with van der Waals surface area (Å²) in [4.78, 5) is 17.7. The first-order chi connectivity index (χ1) is 11.2. The SMILES string of the molecule is O=C(O)c1ccc2c(c1)CN(Cc1cc3c(cn1)OCCO3)C2. The lowest BCUT2D eigenvalue weighted by atomic mass is 10.1. The minimum absolute atomic E-state index is 0.336. The second kappa shape index (κ2) is 5.55. The fourth-order valence-corrected chi connectivity index (χ4v) is 3.01. The van der Waals surface area contributed by atoms with Crippen LogP contribution >= 0.6 is 0 Å². The van der Waals surface area contributed by atoms with Crippen LogP contribution in [0.5, 0.6) is 11.5 Å². The summed E-state index contributed by atoms with van der Waals surface area (Å²) in [5.41, 5.74) is 3.50. The van der Waals surface area contributed by atoms with Crippen LogP contribution in [0.25, 0.3) is 0 Å². The van der Waals surface area contributed by atoms with Gasteiger partial charge in [0.25, 0.3) is 0 Å². The van der Waals surface area contributed by atoms with Crippen molar-refractivity contribution in [3.05, 3.63) is 52.8 Å². The van der Waals surface area contributed by atoms with E-state index in [0.717, 1.165) is 30.1 Å². The summed E-state index contributed by atoms with van der Waals surface area (Å²) in [6.07, 6.45) is 1.70. The third-order valence-electron chi connectivity index (χ3n) is 4.11. The molecule has 3 heterocycles. The zero-order valence-corrected chi connectivity index (χ0v) is 12.5. The zero-order valence-electron chi connectivity index (χ0n) is 12.5. The van der Waals surface area contributed by atoms with Gasteiger partial charge < -0.3 is 14.6 Å². The Morgan fingerprint density at radius 3 is 2.74 bits per heavy atom. The second-order valence-corrected chi connectivity index (χ2v) is 5.75. The first-order valence-corrected chi connectivity index (χ1v) is 7.51. The number of hydrogen-bond donors (Lipinski definition) is 1. The average molecular weight is 312 g/mol. The van der Waals surface area contributed by atoms with Gasteiger partial charge in [-0.3, -0.25) is 9.88 Å².